The van der Waals surface area contributed by atoms with Crippen LogP contribution in [-0.2, 0) is 28.6 Å². The van der Waals surface area contributed by atoms with E-state index in [0.29, 0.717) is 19.3 Å². The van der Waals surface area contributed by atoms with E-state index in [2.05, 4.69) is 69.4 Å². The van der Waals surface area contributed by atoms with Gasteiger partial charge in [-0.3, -0.25) is 14.4 Å². The molecule has 0 aliphatic heterocycles. The lowest BCUT2D eigenvalue weighted by Gasteiger charge is -2.18. The minimum Gasteiger partial charge on any atom is -0.462 e. The molecule has 1 atom stereocenters. The van der Waals surface area contributed by atoms with Crippen LogP contribution in [0.5, 0.6) is 0 Å². The molecule has 1 unspecified atom stereocenters. The van der Waals surface area contributed by atoms with Gasteiger partial charge in [0.25, 0.3) is 0 Å². The van der Waals surface area contributed by atoms with E-state index < -0.39 is 6.10 Å². The molecule has 6 nitrogen and oxygen atoms in total. The van der Waals surface area contributed by atoms with Gasteiger partial charge in [-0.25, -0.2) is 0 Å². The van der Waals surface area contributed by atoms with E-state index in [1.54, 1.807) is 0 Å². The second kappa shape index (κ2) is 68.9. The first-order chi connectivity index (χ1) is 39.5. The van der Waals surface area contributed by atoms with Crippen molar-refractivity contribution in [3.05, 3.63) is 48.6 Å². The zero-order valence-corrected chi connectivity index (χ0v) is 53.9. The Balaban J connectivity index is 4.32. The summed E-state index contributed by atoms with van der Waals surface area (Å²) in [5, 5.41) is 0. The number of rotatable bonds is 66. The summed E-state index contributed by atoms with van der Waals surface area (Å²) in [6, 6.07) is 0. The lowest BCUT2D eigenvalue weighted by Crippen LogP contribution is -2.30. The van der Waals surface area contributed by atoms with Gasteiger partial charge in [0.15, 0.2) is 6.10 Å². The van der Waals surface area contributed by atoms with Gasteiger partial charge in [-0.2, -0.15) is 0 Å². The molecule has 0 saturated carbocycles. The van der Waals surface area contributed by atoms with Gasteiger partial charge in [-0.1, -0.05) is 333 Å². The normalized spacial score (nSPS) is 12.3. The fourth-order valence-electron chi connectivity index (χ4n) is 10.7. The minimum absolute atomic E-state index is 0.0758. The van der Waals surface area contributed by atoms with E-state index in [1.165, 1.54) is 263 Å². The highest BCUT2D eigenvalue weighted by Crippen LogP contribution is 2.18. The molecular weight excluding hydrogens is 985 g/mol. The molecule has 0 fully saturated rings. The van der Waals surface area contributed by atoms with E-state index in [9.17, 15) is 14.4 Å². The maximum absolute atomic E-state index is 13.0. The second-order valence-electron chi connectivity index (χ2n) is 24.1. The average molecular weight is 1120 g/mol. The predicted octanol–water partition coefficient (Wildman–Crippen LogP) is 24.5. The summed E-state index contributed by atoms with van der Waals surface area (Å²) in [5.74, 6) is -0.863. The molecule has 0 rings (SSSR count). The average Bonchev–Trinajstić information content (AvgIpc) is 3.46. The monoisotopic (exact) mass is 1120 g/mol. The van der Waals surface area contributed by atoms with Gasteiger partial charge < -0.3 is 14.2 Å². The van der Waals surface area contributed by atoms with Crippen molar-refractivity contribution in [2.45, 2.75) is 393 Å². The molecule has 0 aromatic heterocycles. The number of esters is 3. The fraction of sp³-hybridized carbons (Fsp3) is 0.851. The summed E-state index contributed by atoms with van der Waals surface area (Å²) >= 11 is 0. The van der Waals surface area contributed by atoms with Crippen LogP contribution >= 0.6 is 0 Å². The molecule has 6 heteroatoms. The summed E-state index contributed by atoms with van der Waals surface area (Å²) in [4.78, 5) is 38.5. The zero-order chi connectivity index (χ0) is 57.8. The summed E-state index contributed by atoms with van der Waals surface area (Å²) in [6.07, 6.45) is 87.0. The molecule has 0 aromatic rings. The van der Waals surface area contributed by atoms with Crippen LogP contribution in [0.4, 0.5) is 0 Å². The van der Waals surface area contributed by atoms with E-state index in [0.717, 1.165) is 83.5 Å². The van der Waals surface area contributed by atoms with Crippen LogP contribution in [0.1, 0.15) is 387 Å². The van der Waals surface area contributed by atoms with E-state index in [4.69, 9.17) is 14.2 Å². The molecule has 0 aliphatic carbocycles. The number of carbonyl (C=O) groups excluding carboxylic acids is 3. The number of hydrogen-bond acceptors (Lipinski definition) is 6. The van der Waals surface area contributed by atoms with Crippen molar-refractivity contribution in [1.29, 1.82) is 0 Å². The largest absolute Gasteiger partial charge is 0.462 e. The molecule has 0 spiro atoms. The van der Waals surface area contributed by atoms with Crippen molar-refractivity contribution in [2.24, 2.45) is 0 Å². The van der Waals surface area contributed by atoms with Crippen molar-refractivity contribution >= 4 is 17.9 Å². The third kappa shape index (κ3) is 66.2. The third-order valence-corrected chi connectivity index (χ3v) is 16.1. The molecule has 0 aliphatic rings. The number of carbonyl (C=O) groups is 3. The first kappa shape index (κ1) is 77.4. The van der Waals surface area contributed by atoms with E-state index in [1.807, 2.05) is 0 Å². The Bertz CT molecular complexity index is 1380. The number of unbranched alkanes of at least 4 members (excludes halogenated alkanes) is 47. The fourth-order valence-corrected chi connectivity index (χ4v) is 10.7. The first-order valence-electron chi connectivity index (χ1n) is 35.6. The number of allylic oxidation sites excluding steroid dienone is 8. The summed E-state index contributed by atoms with van der Waals surface area (Å²) in [5.41, 5.74) is 0. The standard InChI is InChI=1S/C74H136O6/c1-4-7-10-13-16-19-22-25-28-31-33-35-37-39-41-43-46-49-52-55-58-61-64-67-73(76)79-70-71(69-78-72(75)66-63-60-57-54-51-48-45-30-27-24-21-18-15-12-9-6-3)80-74(77)68-65-62-59-56-53-50-47-44-42-40-38-36-34-32-29-26-23-20-17-14-11-8-5-2/h22,25,30-31,33,37,39,45,71H,4-21,23-24,26-29,32,34-36,38,40-44,46-70H2,1-3H3/b25-22-,33-31-,39-37-,45-30-. The molecule has 0 N–H and O–H groups in total. The lowest BCUT2D eigenvalue weighted by molar-refractivity contribution is -0.167. The van der Waals surface area contributed by atoms with Crippen LogP contribution in [0.2, 0.25) is 0 Å². The van der Waals surface area contributed by atoms with Crippen molar-refractivity contribution in [3.63, 3.8) is 0 Å². The number of ether oxygens (including phenoxy) is 3. The Hall–Kier alpha value is -2.63. The summed E-state index contributed by atoms with van der Waals surface area (Å²) < 4.78 is 17.0. The van der Waals surface area contributed by atoms with Crippen molar-refractivity contribution < 1.29 is 28.6 Å². The van der Waals surface area contributed by atoms with Gasteiger partial charge in [-0.05, 0) is 83.5 Å². The van der Waals surface area contributed by atoms with Crippen molar-refractivity contribution in [3.8, 4) is 0 Å². The molecule has 0 saturated heterocycles. The second-order valence-corrected chi connectivity index (χ2v) is 24.1. The zero-order valence-electron chi connectivity index (χ0n) is 53.9. The maximum Gasteiger partial charge on any atom is 0.306 e. The topological polar surface area (TPSA) is 78.9 Å². The molecule has 0 radical (unpaired) electrons. The van der Waals surface area contributed by atoms with Crippen LogP contribution in [0, 0.1) is 0 Å². The third-order valence-electron chi connectivity index (χ3n) is 16.1. The van der Waals surface area contributed by atoms with Gasteiger partial charge in [0.1, 0.15) is 13.2 Å². The molecule has 80 heavy (non-hydrogen) atoms. The smallest absolute Gasteiger partial charge is 0.306 e. The number of hydrogen-bond donors (Lipinski definition) is 0. The van der Waals surface area contributed by atoms with Crippen molar-refractivity contribution in [2.75, 3.05) is 13.2 Å². The molecule has 468 valence electrons. The molecule has 0 amide bonds. The Kier molecular flexibility index (Phi) is 66.6. The molecule has 0 heterocycles. The Morgan fingerprint density at radius 3 is 0.713 bits per heavy atom. The molecule has 0 aromatic carbocycles. The SMILES string of the molecule is CCCCCCC/C=C\C/C=C\C/C=C\CCCCCCCCCCC(=O)OCC(COC(=O)CCCCCCC/C=C\CCCCCCCCC)OC(=O)CCCCCCCCCCCCCCCCCCCCCCCCC. The van der Waals surface area contributed by atoms with Crippen LogP contribution < -0.4 is 0 Å². The predicted molar refractivity (Wildman–Crippen MR) is 349 cm³/mol. The molecular formula is C74H136O6. The van der Waals surface area contributed by atoms with Crippen LogP contribution in [0.3, 0.4) is 0 Å². The van der Waals surface area contributed by atoms with E-state index in [-0.39, 0.29) is 31.1 Å². The lowest BCUT2D eigenvalue weighted by atomic mass is 10.0. The van der Waals surface area contributed by atoms with Gasteiger partial charge >= 0.3 is 17.9 Å². The Labute approximate surface area is 498 Å². The first-order valence-corrected chi connectivity index (χ1v) is 35.6. The minimum atomic E-state index is -0.779. The Morgan fingerprint density at radius 2 is 0.450 bits per heavy atom. The maximum atomic E-state index is 13.0. The summed E-state index contributed by atoms with van der Waals surface area (Å²) in [6.45, 7) is 6.68. The van der Waals surface area contributed by atoms with Gasteiger partial charge in [0, 0.05) is 19.3 Å². The van der Waals surface area contributed by atoms with E-state index >= 15 is 0 Å². The quantitative estimate of drug-likeness (QED) is 0.0261. The van der Waals surface area contributed by atoms with Gasteiger partial charge in [0.2, 0.25) is 0 Å². The van der Waals surface area contributed by atoms with Crippen LogP contribution in [0.15, 0.2) is 48.6 Å². The highest BCUT2D eigenvalue weighted by Gasteiger charge is 2.19. The highest BCUT2D eigenvalue weighted by molar-refractivity contribution is 5.71. The molecule has 0 bridgehead atoms. The van der Waals surface area contributed by atoms with Crippen molar-refractivity contribution in [1.82, 2.24) is 0 Å². The van der Waals surface area contributed by atoms with Gasteiger partial charge in [0.05, 0.1) is 0 Å². The Morgan fingerprint density at radius 1 is 0.250 bits per heavy atom. The van der Waals surface area contributed by atoms with Crippen LogP contribution in [0.25, 0.3) is 0 Å². The van der Waals surface area contributed by atoms with Gasteiger partial charge in [-0.15, -0.1) is 0 Å². The highest BCUT2D eigenvalue weighted by atomic mass is 16.6. The summed E-state index contributed by atoms with van der Waals surface area (Å²) in [7, 11) is 0. The van der Waals surface area contributed by atoms with Crippen LogP contribution in [-0.4, -0.2) is 37.2 Å².